The van der Waals surface area contributed by atoms with Crippen LogP contribution >= 0.6 is 0 Å². The van der Waals surface area contributed by atoms with E-state index in [-0.39, 0.29) is 0 Å². The van der Waals surface area contributed by atoms with Crippen LogP contribution in [-0.2, 0) is 0 Å². The lowest BCUT2D eigenvalue weighted by molar-refractivity contribution is 0.228. The smallest absolute Gasteiger partial charge is 0.00937 e. The Kier molecular flexibility index (Phi) is 7.29. The predicted octanol–water partition coefficient (Wildman–Crippen LogP) is 2.10. The van der Waals surface area contributed by atoms with E-state index in [1.54, 1.807) is 0 Å². The Hall–Kier alpha value is -0.0800. The van der Waals surface area contributed by atoms with E-state index in [9.17, 15) is 0 Å². The molecule has 0 saturated carbocycles. The molecule has 1 N–H and O–H groups in total. The zero-order chi connectivity index (χ0) is 10.3. The van der Waals surface area contributed by atoms with Crippen LogP contribution in [0.2, 0.25) is 0 Å². The third kappa shape index (κ3) is 6.05. The fraction of sp³-hybridized carbons (Fsp3) is 1.00. The van der Waals surface area contributed by atoms with Crippen LogP contribution < -0.4 is 5.32 Å². The molecule has 0 amide bonds. The largest absolute Gasteiger partial charge is 0.312 e. The van der Waals surface area contributed by atoms with Gasteiger partial charge in [0.2, 0.25) is 0 Å². The lowest BCUT2D eigenvalue weighted by Crippen LogP contribution is -2.43. The molecule has 1 rings (SSSR count). The Morgan fingerprint density at radius 1 is 1.15 bits per heavy atom. The topological polar surface area (TPSA) is 15.3 Å². The Labute approximate surface area is 83.7 Å². The van der Waals surface area contributed by atoms with E-state index in [4.69, 9.17) is 0 Å². The van der Waals surface area contributed by atoms with Crippen molar-refractivity contribution in [2.75, 3.05) is 20.1 Å². The van der Waals surface area contributed by atoms with Gasteiger partial charge >= 0.3 is 0 Å². The van der Waals surface area contributed by atoms with Gasteiger partial charge < -0.3 is 10.2 Å². The quantitative estimate of drug-likeness (QED) is 0.710. The van der Waals surface area contributed by atoms with Gasteiger partial charge in [0.25, 0.3) is 0 Å². The summed E-state index contributed by atoms with van der Waals surface area (Å²) in [7, 11) is 2.20. The maximum atomic E-state index is 3.58. The number of piperidine rings is 1. The fourth-order valence-electron chi connectivity index (χ4n) is 1.65. The third-order valence-electron chi connectivity index (χ3n) is 2.29. The minimum atomic E-state index is 0.642. The zero-order valence-electron chi connectivity index (χ0n) is 9.93. The molecule has 0 spiro atoms. The van der Waals surface area contributed by atoms with E-state index in [1.807, 2.05) is 13.8 Å². The molecule has 13 heavy (non-hydrogen) atoms. The number of hydrogen-bond acceptors (Lipinski definition) is 2. The van der Waals surface area contributed by atoms with Gasteiger partial charge in [0, 0.05) is 12.1 Å². The van der Waals surface area contributed by atoms with Crippen molar-refractivity contribution in [3.8, 4) is 0 Å². The van der Waals surface area contributed by atoms with Gasteiger partial charge in [-0.15, -0.1) is 0 Å². The molecule has 0 unspecified atom stereocenters. The molecule has 0 aromatic heterocycles. The second-order valence-electron chi connectivity index (χ2n) is 3.90. The lowest BCUT2D eigenvalue weighted by Gasteiger charge is -2.30. The van der Waals surface area contributed by atoms with Gasteiger partial charge in [-0.05, 0) is 33.0 Å². The summed E-state index contributed by atoms with van der Waals surface area (Å²) in [5, 5.41) is 3.58. The van der Waals surface area contributed by atoms with Gasteiger partial charge in [0.05, 0.1) is 0 Å². The van der Waals surface area contributed by atoms with E-state index >= 15 is 0 Å². The van der Waals surface area contributed by atoms with Crippen LogP contribution in [0.4, 0.5) is 0 Å². The summed E-state index contributed by atoms with van der Waals surface area (Å²) in [5.74, 6) is 0. The van der Waals surface area contributed by atoms with E-state index in [0.717, 1.165) is 6.04 Å². The number of nitrogens with one attached hydrogen (secondary N) is 1. The molecule has 1 fully saturated rings. The molecule has 1 saturated heterocycles. The molecule has 0 aromatic rings. The molecule has 0 aliphatic carbocycles. The van der Waals surface area contributed by atoms with E-state index in [1.165, 1.54) is 25.9 Å². The first kappa shape index (κ1) is 12.9. The van der Waals surface area contributed by atoms with Gasteiger partial charge in [-0.1, -0.05) is 27.7 Å². The molecule has 80 valence electrons. The molecule has 1 aliphatic heterocycles. The highest BCUT2D eigenvalue weighted by molar-refractivity contribution is 4.76. The average Bonchev–Trinajstić information content (AvgIpc) is 2.12. The van der Waals surface area contributed by atoms with Crippen LogP contribution in [0.1, 0.15) is 40.5 Å². The molecule has 2 nitrogen and oxygen atoms in total. The molecule has 1 aliphatic rings. The SMILES string of the molecule is CC.CC(C)NC1CCN(C)CC1. The monoisotopic (exact) mass is 186 g/mol. The molecule has 0 bridgehead atoms. The summed E-state index contributed by atoms with van der Waals surface area (Å²) in [6.45, 7) is 10.9. The van der Waals surface area contributed by atoms with Gasteiger partial charge in [-0.25, -0.2) is 0 Å². The molecule has 0 atom stereocenters. The highest BCUT2D eigenvalue weighted by atomic mass is 15.1. The van der Waals surface area contributed by atoms with Crippen molar-refractivity contribution in [2.24, 2.45) is 0 Å². The molecule has 1 heterocycles. The molecule has 0 aromatic carbocycles. The molecular formula is C11H26N2. The second kappa shape index (κ2) is 7.34. The first-order chi connectivity index (χ1) is 6.18. The van der Waals surface area contributed by atoms with Crippen molar-refractivity contribution in [1.29, 1.82) is 0 Å². The molecule has 2 heteroatoms. The Balaban J connectivity index is 0.000000671. The Bertz CT molecular complexity index is 105. The number of hydrogen-bond donors (Lipinski definition) is 1. The summed E-state index contributed by atoms with van der Waals surface area (Å²) < 4.78 is 0. The summed E-state index contributed by atoms with van der Waals surface area (Å²) >= 11 is 0. The standard InChI is InChI=1S/C9H20N2.C2H6/c1-8(2)10-9-4-6-11(3)7-5-9;1-2/h8-10H,4-7H2,1-3H3;1-2H3. The number of nitrogens with zero attached hydrogens (tertiary/aromatic N) is 1. The first-order valence-corrected chi connectivity index (χ1v) is 5.63. The van der Waals surface area contributed by atoms with E-state index in [0.29, 0.717) is 6.04 Å². The number of likely N-dealkylation sites (tertiary alicyclic amines) is 1. The Morgan fingerprint density at radius 2 is 1.62 bits per heavy atom. The van der Waals surface area contributed by atoms with E-state index < -0.39 is 0 Å². The third-order valence-corrected chi connectivity index (χ3v) is 2.29. The van der Waals surface area contributed by atoms with Crippen LogP contribution in [-0.4, -0.2) is 37.1 Å². The van der Waals surface area contributed by atoms with Crippen molar-refractivity contribution in [3.63, 3.8) is 0 Å². The van der Waals surface area contributed by atoms with Crippen molar-refractivity contribution >= 4 is 0 Å². The van der Waals surface area contributed by atoms with Crippen LogP contribution in [0, 0.1) is 0 Å². The Morgan fingerprint density at radius 3 is 2.00 bits per heavy atom. The van der Waals surface area contributed by atoms with Crippen LogP contribution in [0.25, 0.3) is 0 Å². The molecule has 0 radical (unpaired) electrons. The summed E-state index contributed by atoms with van der Waals surface area (Å²) in [6, 6.07) is 1.41. The zero-order valence-corrected chi connectivity index (χ0v) is 9.93. The average molecular weight is 186 g/mol. The summed E-state index contributed by atoms with van der Waals surface area (Å²) in [4.78, 5) is 2.40. The van der Waals surface area contributed by atoms with Crippen LogP contribution in [0.3, 0.4) is 0 Å². The normalized spacial score (nSPS) is 19.8. The van der Waals surface area contributed by atoms with Crippen molar-refractivity contribution in [1.82, 2.24) is 10.2 Å². The minimum absolute atomic E-state index is 0.642. The van der Waals surface area contributed by atoms with Crippen molar-refractivity contribution in [3.05, 3.63) is 0 Å². The highest BCUT2D eigenvalue weighted by Gasteiger charge is 2.16. The van der Waals surface area contributed by atoms with Gasteiger partial charge in [0.15, 0.2) is 0 Å². The predicted molar refractivity (Wildman–Crippen MR) is 60.1 cm³/mol. The van der Waals surface area contributed by atoms with Gasteiger partial charge in [0.1, 0.15) is 0 Å². The lowest BCUT2D eigenvalue weighted by atomic mass is 10.1. The number of rotatable bonds is 2. The minimum Gasteiger partial charge on any atom is -0.312 e. The van der Waals surface area contributed by atoms with Crippen LogP contribution in [0.5, 0.6) is 0 Å². The highest BCUT2D eigenvalue weighted by Crippen LogP contribution is 2.08. The van der Waals surface area contributed by atoms with Gasteiger partial charge in [-0.3, -0.25) is 0 Å². The maximum absolute atomic E-state index is 3.58. The van der Waals surface area contributed by atoms with Crippen molar-refractivity contribution in [2.45, 2.75) is 52.6 Å². The van der Waals surface area contributed by atoms with E-state index in [2.05, 4.69) is 31.1 Å². The second-order valence-corrected chi connectivity index (χ2v) is 3.90. The fourth-order valence-corrected chi connectivity index (χ4v) is 1.65. The summed E-state index contributed by atoms with van der Waals surface area (Å²) in [6.07, 6.45) is 2.63. The van der Waals surface area contributed by atoms with Crippen molar-refractivity contribution < 1.29 is 0 Å². The molecular weight excluding hydrogens is 160 g/mol. The first-order valence-electron chi connectivity index (χ1n) is 5.63. The maximum Gasteiger partial charge on any atom is 0.00937 e. The van der Waals surface area contributed by atoms with Crippen LogP contribution in [0.15, 0.2) is 0 Å². The van der Waals surface area contributed by atoms with Gasteiger partial charge in [-0.2, -0.15) is 0 Å². The summed E-state index contributed by atoms with van der Waals surface area (Å²) in [5.41, 5.74) is 0.